The van der Waals surface area contributed by atoms with Gasteiger partial charge in [-0.15, -0.1) is 0 Å². The Hall–Kier alpha value is 0.491. The van der Waals surface area contributed by atoms with E-state index in [0.29, 0.717) is 0 Å². The third-order valence-corrected chi connectivity index (χ3v) is 12.2. The minimum absolute atomic E-state index is 0. The molecule has 7 atom stereocenters. The van der Waals surface area contributed by atoms with Gasteiger partial charge in [0, 0.05) is 0 Å². The molecule has 1 aromatic carbocycles. The van der Waals surface area contributed by atoms with Crippen molar-refractivity contribution in [1.29, 1.82) is 0 Å². The molecule has 0 heterocycles. The number of rotatable bonds is 22. The molecule has 0 radical (unpaired) electrons. The maximum Gasteiger partial charge on any atom is -0.197 e. The van der Waals surface area contributed by atoms with Crippen molar-refractivity contribution in [2.24, 2.45) is 0 Å². The van der Waals surface area contributed by atoms with E-state index in [1.165, 1.54) is 30.3 Å². The molecule has 32 heteroatoms. The van der Waals surface area contributed by atoms with E-state index in [4.69, 9.17) is 8.19 Å². The summed E-state index contributed by atoms with van der Waals surface area (Å²) < 4.78 is 195. The van der Waals surface area contributed by atoms with Crippen LogP contribution in [-0.4, -0.2) is 115 Å². The second-order valence-corrected chi connectivity index (χ2v) is 21.4. The molecular formula is C12H18As6F6O19S. The van der Waals surface area contributed by atoms with E-state index in [0.717, 1.165) is 0 Å². The average Bonchev–Trinajstić information content (AvgIpc) is 2.86. The molecule has 2 N–H and O–H groups in total. The van der Waals surface area contributed by atoms with Crippen molar-refractivity contribution in [1.82, 2.24) is 0 Å². The fourth-order valence-corrected chi connectivity index (χ4v) is 12.6. The van der Waals surface area contributed by atoms with E-state index in [9.17, 15) is 48.0 Å². The Labute approximate surface area is 267 Å². The number of carbonyl (C=O) groups excluding carboxylic acids is 1. The van der Waals surface area contributed by atoms with Crippen LogP contribution >= 0.6 is 13.5 Å². The second-order valence-electron chi connectivity index (χ2n) is 6.92. The first kappa shape index (κ1) is 44.5. The number of carbonyl (C=O) groups is 1. The van der Waals surface area contributed by atoms with Gasteiger partial charge in [-0.2, -0.15) is 13.5 Å². The molecule has 0 amide bonds. The summed E-state index contributed by atoms with van der Waals surface area (Å²) in [5.41, 5.74) is 0.0315. The number of hydrogen-bond acceptors (Lipinski definition) is 17. The summed E-state index contributed by atoms with van der Waals surface area (Å²) in [6.45, 7) is -0.773. The maximum absolute atomic E-state index is 14.4. The first-order valence-electron chi connectivity index (χ1n) is 10.1. The van der Waals surface area contributed by atoms with Crippen molar-refractivity contribution < 1.29 is 94.7 Å². The molecule has 0 fully saturated rings. The van der Waals surface area contributed by atoms with Crippen molar-refractivity contribution in [3.63, 3.8) is 0 Å². The Morgan fingerprint density at radius 1 is 0.659 bits per heavy atom. The summed E-state index contributed by atoms with van der Waals surface area (Å²) in [6, 6.07) is 7.00. The summed E-state index contributed by atoms with van der Waals surface area (Å²) >= 11 is -41.6. The van der Waals surface area contributed by atoms with E-state index in [2.05, 4.69) is 38.5 Å². The number of halogens is 6. The first-order chi connectivity index (χ1) is 19.4. The fraction of sp³-hybridized carbons (Fsp3) is 0.417. The monoisotopic (exact) mass is 1060 g/mol. The Balaban J connectivity index is 0.0000185. The van der Waals surface area contributed by atoms with E-state index in [1.807, 2.05) is 0 Å². The Morgan fingerprint density at radius 2 is 1.07 bits per heavy atom. The van der Waals surface area contributed by atoms with Gasteiger partial charge in [-0.05, 0) is 0 Å². The molecule has 19 nitrogen and oxygen atoms in total. The van der Waals surface area contributed by atoms with Gasteiger partial charge in [0.05, 0.1) is 0 Å². The fourth-order valence-electron chi connectivity index (χ4n) is 2.18. The Kier molecular flexibility index (Phi) is 19.1. The van der Waals surface area contributed by atoms with E-state index in [1.54, 1.807) is 0 Å². The zero-order valence-corrected chi connectivity index (χ0v) is 32.8. The Bertz CT molecular complexity index is 1360. The van der Waals surface area contributed by atoms with Crippen molar-refractivity contribution in [2.75, 3.05) is 6.61 Å². The number of Topliss-reactive ketones (excluding diaryl/α,β-unsaturated/α-hetero) is 1. The quantitative estimate of drug-likeness (QED) is 0.0397. The largest absolute Gasteiger partial charge is 0.197 e. The van der Waals surface area contributed by atoms with Crippen LogP contribution in [0.2, 0.25) is 0 Å². The molecule has 0 aliphatic heterocycles. The molecule has 0 saturated carbocycles. The summed E-state index contributed by atoms with van der Waals surface area (Å²) in [5, 5.41) is 0. The molecule has 1 aromatic rings. The molecule has 1 rings (SSSR count). The topological polar surface area (TPSA) is 252 Å². The van der Waals surface area contributed by atoms with Crippen LogP contribution in [0.1, 0.15) is 29.6 Å². The van der Waals surface area contributed by atoms with E-state index < -0.39 is 126 Å². The van der Waals surface area contributed by atoms with Crippen LogP contribution < -0.4 is 0 Å². The van der Waals surface area contributed by atoms with Crippen LogP contribution in [-0.2, 0) is 60.9 Å². The third kappa shape index (κ3) is 22.1. The van der Waals surface area contributed by atoms with Crippen LogP contribution in [0.3, 0.4) is 0 Å². The standard InChI is InChI=1S/C12H16As6F6O19.H2S/c19-13(26,27)34-8-4-7-11(9-12(25)10-5-2-1-3-6-10)35-15(21,30)37-39-17(23,32)41-43-18(24,33)42-40-16(22,31)38-36-14(20,28)29;/h1-3,5-6,11H,4,7-9H2,(H,26,27)(H,28,29);1H2. The van der Waals surface area contributed by atoms with Gasteiger partial charge in [-0.3, -0.25) is 0 Å². The van der Waals surface area contributed by atoms with Gasteiger partial charge >= 0.3 is 256 Å². The van der Waals surface area contributed by atoms with Crippen LogP contribution in [0.15, 0.2) is 30.3 Å². The first-order valence-corrected chi connectivity index (χ1v) is 28.3. The van der Waals surface area contributed by atoms with Gasteiger partial charge in [0.15, 0.2) is 0 Å². The molecule has 0 bridgehead atoms. The molecule has 0 aliphatic rings. The summed E-state index contributed by atoms with van der Waals surface area (Å²) in [4.78, 5) is 12.4. The average molecular weight is 1060 g/mol. The summed E-state index contributed by atoms with van der Waals surface area (Å²) in [5.74, 6) is -0.766. The predicted molar refractivity (Wildman–Crippen MR) is 124 cm³/mol. The molecule has 7 unspecified atom stereocenters. The van der Waals surface area contributed by atoms with Gasteiger partial charge in [0.2, 0.25) is 0 Å². The smallest absolute Gasteiger partial charge is 0.197 e. The van der Waals surface area contributed by atoms with Gasteiger partial charge in [0.1, 0.15) is 0 Å². The normalized spacial score (nSPS) is 20.7. The molecule has 44 heavy (non-hydrogen) atoms. The van der Waals surface area contributed by atoms with Crippen molar-refractivity contribution in [3.8, 4) is 0 Å². The number of ketones is 1. The van der Waals surface area contributed by atoms with E-state index >= 15 is 0 Å². The molecule has 0 spiro atoms. The summed E-state index contributed by atoms with van der Waals surface area (Å²) in [7, 11) is 0. The molecule has 0 aliphatic carbocycles. The van der Waals surface area contributed by atoms with E-state index in [-0.39, 0.29) is 19.1 Å². The molecule has 0 saturated heterocycles. The van der Waals surface area contributed by atoms with Crippen LogP contribution in [0.5, 0.6) is 0 Å². The maximum atomic E-state index is 14.4. The second kappa shape index (κ2) is 18.9. The molecule has 258 valence electrons. The summed E-state index contributed by atoms with van der Waals surface area (Å²) in [6.07, 6.45) is -3.53. The van der Waals surface area contributed by atoms with Crippen LogP contribution in [0, 0.1) is 0 Å². The number of benzene rings is 1. The van der Waals surface area contributed by atoms with Crippen LogP contribution in [0.4, 0.5) is 20.8 Å². The van der Waals surface area contributed by atoms with Gasteiger partial charge in [-0.1, -0.05) is 0 Å². The van der Waals surface area contributed by atoms with Crippen molar-refractivity contribution in [3.05, 3.63) is 35.9 Å². The van der Waals surface area contributed by atoms with Gasteiger partial charge < -0.3 is 0 Å². The zero-order chi connectivity index (χ0) is 33.2. The minimum atomic E-state index is -7.35. The Morgan fingerprint density at radius 3 is 1.48 bits per heavy atom. The SMILES string of the molecule is O=C(CC(CCCO[As](=O)(O)F)O[As](=O)(F)OO[As](=O)(F)OO[As](=O)(F)OO[As](=O)(F)OO[As](=O)(O)F)c1ccccc1.S. The van der Waals surface area contributed by atoms with Crippen molar-refractivity contribution >= 4 is 107 Å². The molecular weight excluding hydrogens is 1040 g/mol. The van der Waals surface area contributed by atoms with Crippen LogP contribution in [0.25, 0.3) is 0 Å². The predicted octanol–water partition coefficient (Wildman–Crippen LogP) is 0.345. The minimum Gasteiger partial charge on any atom is -0.197 e. The molecule has 0 aromatic heterocycles. The van der Waals surface area contributed by atoms with Gasteiger partial charge in [0.25, 0.3) is 0 Å². The third-order valence-electron chi connectivity index (χ3n) is 3.55. The number of hydrogen-bond donors (Lipinski definition) is 2. The van der Waals surface area contributed by atoms with Gasteiger partial charge in [-0.25, -0.2) is 0 Å². The van der Waals surface area contributed by atoms with Crippen molar-refractivity contribution in [2.45, 2.75) is 25.4 Å². The zero-order valence-electron chi connectivity index (χ0n) is 20.6.